The standard InChI is InChI=1S/C9H16O5/c1-6(10)12-7(2)13-8(11)14-9(3,4)5/h7H,1-5H3. The van der Waals surface area contributed by atoms with E-state index in [9.17, 15) is 9.59 Å². The van der Waals surface area contributed by atoms with E-state index in [1.165, 1.54) is 13.8 Å². The van der Waals surface area contributed by atoms with Crippen molar-refractivity contribution in [3.05, 3.63) is 0 Å². The molecule has 5 heteroatoms. The average molecular weight is 204 g/mol. The fourth-order valence-corrected chi connectivity index (χ4v) is 0.667. The molecule has 0 aromatic heterocycles. The molecule has 82 valence electrons. The Hall–Kier alpha value is -1.26. The van der Waals surface area contributed by atoms with Crippen LogP contribution in [0, 0.1) is 0 Å². The van der Waals surface area contributed by atoms with Gasteiger partial charge in [0.2, 0.25) is 6.29 Å². The summed E-state index contributed by atoms with van der Waals surface area (Å²) in [4.78, 5) is 21.5. The Bertz CT molecular complexity index is 216. The second-order valence-corrected chi connectivity index (χ2v) is 3.76. The number of hydrogen-bond donors (Lipinski definition) is 0. The Kier molecular flexibility index (Phi) is 4.40. The van der Waals surface area contributed by atoms with Gasteiger partial charge in [-0.25, -0.2) is 4.79 Å². The Morgan fingerprint density at radius 3 is 2.00 bits per heavy atom. The van der Waals surface area contributed by atoms with E-state index in [0.717, 1.165) is 0 Å². The molecule has 0 aromatic carbocycles. The average Bonchev–Trinajstić information content (AvgIpc) is 1.77. The van der Waals surface area contributed by atoms with Gasteiger partial charge >= 0.3 is 12.1 Å². The van der Waals surface area contributed by atoms with E-state index in [1.807, 2.05) is 0 Å². The smallest absolute Gasteiger partial charge is 0.428 e. The number of carbonyl (C=O) groups excluding carboxylic acids is 2. The van der Waals surface area contributed by atoms with E-state index in [4.69, 9.17) is 4.74 Å². The molecule has 0 bridgehead atoms. The monoisotopic (exact) mass is 204 g/mol. The number of carbonyl (C=O) groups is 2. The molecule has 14 heavy (non-hydrogen) atoms. The van der Waals surface area contributed by atoms with E-state index in [1.54, 1.807) is 20.8 Å². The third-order valence-electron chi connectivity index (χ3n) is 0.984. The van der Waals surface area contributed by atoms with Crippen LogP contribution in [0.4, 0.5) is 4.79 Å². The highest BCUT2D eigenvalue weighted by Crippen LogP contribution is 2.09. The Morgan fingerprint density at radius 2 is 1.64 bits per heavy atom. The van der Waals surface area contributed by atoms with Gasteiger partial charge in [-0.2, -0.15) is 0 Å². The van der Waals surface area contributed by atoms with Crippen molar-refractivity contribution in [2.45, 2.75) is 46.5 Å². The first-order valence-electron chi connectivity index (χ1n) is 4.27. The second-order valence-electron chi connectivity index (χ2n) is 3.76. The van der Waals surface area contributed by atoms with Gasteiger partial charge in [-0.05, 0) is 20.8 Å². The predicted octanol–water partition coefficient (Wildman–Crippen LogP) is 1.85. The minimum absolute atomic E-state index is 0.513. The Morgan fingerprint density at radius 1 is 1.14 bits per heavy atom. The Balaban J connectivity index is 3.89. The lowest BCUT2D eigenvalue weighted by Crippen LogP contribution is -2.28. The van der Waals surface area contributed by atoms with Crippen molar-refractivity contribution in [2.24, 2.45) is 0 Å². The molecule has 0 amide bonds. The highest BCUT2D eigenvalue weighted by molar-refractivity contribution is 5.66. The van der Waals surface area contributed by atoms with Crippen molar-refractivity contribution in [3.8, 4) is 0 Å². The Labute approximate surface area is 83.3 Å². The van der Waals surface area contributed by atoms with Crippen LogP contribution in [0.2, 0.25) is 0 Å². The van der Waals surface area contributed by atoms with Crippen LogP contribution in [0.3, 0.4) is 0 Å². The highest BCUT2D eigenvalue weighted by atomic mass is 16.8. The van der Waals surface area contributed by atoms with Gasteiger partial charge in [-0.1, -0.05) is 0 Å². The van der Waals surface area contributed by atoms with Crippen molar-refractivity contribution in [1.82, 2.24) is 0 Å². The zero-order valence-electron chi connectivity index (χ0n) is 9.12. The van der Waals surface area contributed by atoms with Gasteiger partial charge in [0.05, 0.1) is 0 Å². The van der Waals surface area contributed by atoms with Crippen molar-refractivity contribution in [1.29, 1.82) is 0 Å². The summed E-state index contributed by atoms with van der Waals surface area (Å²) in [6.45, 7) is 7.81. The van der Waals surface area contributed by atoms with E-state index in [2.05, 4.69) is 9.47 Å². The molecule has 0 fully saturated rings. The summed E-state index contributed by atoms with van der Waals surface area (Å²) in [5.41, 5.74) is -0.618. The molecular weight excluding hydrogens is 188 g/mol. The van der Waals surface area contributed by atoms with Crippen LogP contribution in [-0.2, 0) is 19.0 Å². The molecule has 0 aliphatic carbocycles. The first-order valence-corrected chi connectivity index (χ1v) is 4.27. The fraction of sp³-hybridized carbons (Fsp3) is 0.778. The van der Waals surface area contributed by atoms with Gasteiger partial charge < -0.3 is 14.2 Å². The van der Waals surface area contributed by atoms with Crippen molar-refractivity contribution in [2.75, 3.05) is 0 Å². The molecule has 1 atom stereocenters. The lowest BCUT2D eigenvalue weighted by atomic mass is 10.2. The van der Waals surface area contributed by atoms with Gasteiger partial charge in [-0.3, -0.25) is 4.79 Å². The van der Waals surface area contributed by atoms with Crippen molar-refractivity contribution < 1.29 is 23.8 Å². The number of esters is 1. The number of hydrogen-bond acceptors (Lipinski definition) is 5. The molecule has 5 nitrogen and oxygen atoms in total. The SMILES string of the molecule is CC(=O)OC(C)OC(=O)OC(C)(C)C. The summed E-state index contributed by atoms with van der Waals surface area (Å²) in [7, 11) is 0. The van der Waals surface area contributed by atoms with Crippen molar-refractivity contribution >= 4 is 12.1 Å². The topological polar surface area (TPSA) is 61.8 Å². The van der Waals surface area contributed by atoms with E-state index >= 15 is 0 Å². The lowest BCUT2D eigenvalue weighted by Gasteiger charge is -2.20. The molecule has 0 heterocycles. The van der Waals surface area contributed by atoms with Crippen LogP contribution in [-0.4, -0.2) is 24.0 Å². The summed E-state index contributed by atoms with van der Waals surface area (Å²) >= 11 is 0. The molecule has 0 rings (SSSR count). The van der Waals surface area contributed by atoms with Crippen LogP contribution in [0.1, 0.15) is 34.6 Å². The largest absolute Gasteiger partial charge is 0.511 e. The van der Waals surface area contributed by atoms with Gasteiger partial charge in [0.25, 0.3) is 0 Å². The zero-order chi connectivity index (χ0) is 11.4. The number of rotatable bonds is 2. The molecule has 1 unspecified atom stereocenters. The molecular formula is C9H16O5. The highest BCUT2D eigenvalue weighted by Gasteiger charge is 2.20. The van der Waals surface area contributed by atoms with Gasteiger partial charge in [0.15, 0.2) is 0 Å². The minimum Gasteiger partial charge on any atom is -0.428 e. The van der Waals surface area contributed by atoms with Crippen LogP contribution in [0.25, 0.3) is 0 Å². The van der Waals surface area contributed by atoms with Crippen LogP contribution >= 0.6 is 0 Å². The maximum Gasteiger partial charge on any atom is 0.511 e. The lowest BCUT2D eigenvalue weighted by molar-refractivity contribution is -0.167. The molecule has 0 N–H and O–H groups in total. The summed E-state index contributed by atoms with van der Waals surface area (Å²) in [6.07, 6.45) is -1.78. The molecule has 0 saturated carbocycles. The molecule has 0 aromatic rings. The van der Waals surface area contributed by atoms with E-state index < -0.39 is 24.0 Å². The normalized spacial score (nSPS) is 12.9. The van der Waals surface area contributed by atoms with Crippen LogP contribution in [0.5, 0.6) is 0 Å². The first kappa shape index (κ1) is 12.7. The summed E-state index contributed by atoms with van der Waals surface area (Å²) in [5, 5.41) is 0. The molecule has 0 spiro atoms. The summed E-state index contributed by atoms with van der Waals surface area (Å²) in [6, 6.07) is 0. The van der Waals surface area contributed by atoms with Gasteiger partial charge in [0, 0.05) is 13.8 Å². The maximum absolute atomic E-state index is 11.0. The third kappa shape index (κ3) is 7.39. The first-order chi connectivity index (χ1) is 6.20. The molecule has 0 aliphatic heterocycles. The van der Waals surface area contributed by atoms with Gasteiger partial charge in [0.1, 0.15) is 5.60 Å². The predicted molar refractivity (Wildman–Crippen MR) is 48.5 cm³/mol. The maximum atomic E-state index is 11.0. The third-order valence-corrected chi connectivity index (χ3v) is 0.984. The fourth-order valence-electron chi connectivity index (χ4n) is 0.667. The van der Waals surface area contributed by atoms with Gasteiger partial charge in [-0.15, -0.1) is 0 Å². The van der Waals surface area contributed by atoms with Crippen LogP contribution < -0.4 is 0 Å². The quantitative estimate of drug-likeness (QED) is 0.507. The zero-order valence-corrected chi connectivity index (χ0v) is 9.12. The summed E-state index contributed by atoms with van der Waals surface area (Å²) < 4.78 is 14.0. The van der Waals surface area contributed by atoms with E-state index in [-0.39, 0.29) is 0 Å². The van der Waals surface area contributed by atoms with Crippen molar-refractivity contribution in [3.63, 3.8) is 0 Å². The minimum atomic E-state index is -0.928. The second kappa shape index (κ2) is 4.83. The molecule has 0 radical (unpaired) electrons. The number of ether oxygens (including phenoxy) is 3. The van der Waals surface area contributed by atoms with Crippen LogP contribution in [0.15, 0.2) is 0 Å². The molecule has 0 aliphatic rings. The van der Waals surface area contributed by atoms with E-state index in [0.29, 0.717) is 0 Å². The molecule has 0 saturated heterocycles. The summed E-state index contributed by atoms with van der Waals surface area (Å²) in [5.74, 6) is -0.513.